The van der Waals surface area contributed by atoms with Crippen molar-refractivity contribution in [2.45, 2.75) is 181 Å². The van der Waals surface area contributed by atoms with Crippen LogP contribution >= 0.6 is 0 Å². The third-order valence-electron chi connectivity index (χ3n) is 9.72. The Morgan fingerprint density at radius 3 is 1.15 bits per heavy atom. The smallest absolute Gasteiger partial charge is 0.306 e. The molecule has 0 saturated carbocycles. The second-order valence-electron chi connectivity index (χ2n) is 15.8. The Morgan fingerprint density at radius 1 is 0.338 bits per heavy atom. The maximum absolute atomic E-state index is 12.8. The molecule has 1 unspecified atom stereocenters. The maximum atomic E-state index is 12.8. The highest BCUT2D eigenvalue weighted by Crippen LogP contribution is 2.11. The summed E-state index contributed by atoms with van der Waals surface area (Å²) in [5.74, 6) is -1.07. The van der Waals surface area contributed by atoms with Gasteiger partial charge in [0.1, 0.15) is 13.2 Å². The van der Waals surface area contributed by atoms with Crippen LogP contribution < -0.4 is 0 Å². The Morgan fingerprint density at radius 2 is 0.677 bits per heavy atom. The highest BCUT2D eigenvalue weighted by atomic mass is 16.6. The van der Waals surface area contributed by atoms with E-state index in [-0.39, 0.29) is 44.0 Å². The van der Waals surface area contributed by atoms with E-state index in [0.29, 0.717) is 19.3 Å². The highest BCUT2D eigenvalue weighted by molar-refractivity contribution is 5.71. The summed E-state index contributed by atoms with van der Waals surface area (Å²) in [4.78, 5) is 38.0. The van der Waals surface area contributed by atoms with Crippen molar-refractivity contribution in [3.8, 4) is 0 Å². The number of unbranched alkanes of at least 4 members (excludes halogenated alkanes) is 12. The molecule has 6 heteroatoms. The van der Waals surface area contributed by atoms with Crippen molar-refractivity contribution in [3.05, 3.63) is 158 Å². The molecule has 0 N–H and O–H groups in total. The van der Waals surface area contributed by atoms with E-state index in [0.717, 1.165) is 96.3 Å². The summed E-state index contributed by atoms with van der Waals surface area (Å²) in [7, 11) is 0. The van der Waals surface area contributed by atoms with E-state index in [9.17, 15) is 14.4 Å². The van der Waals surface area contributed by atoms with Crippen LogP contribution in [0.25, 0.3) is 0 Å². The lowest BCUT2D eigenvalue weighted by atomic mass is 10.1. The normalized spacial score (nSPS) is 13.5. The molecule has 0 saturated heterocycles. The van der Waals surface area contributed by atoms with Crippen molar-refractivity contribution in [1.29, 1.82) is 0 Å². The fourth-order valence-corrected chi connectivity index (χ4v) is 5.99. The summed E-state index contributed by atoms with van der Waals surface area (Å²) in [6, 6.07) is 0. The number of esters is 3. The first-order valence-corrected chi connectivity index (χ1v) is 25.1. The van der Waals surface area contributed by atoms with Gasteiger partial charge in [0.05, 0.1) is 0 Å². The van der Waals surface area contributed by atoms with E-state index in [1.165, 1.54) is 25.7 Å². The molecule has 0 aliphatic rings. The van der Waals surface area contributed by atoms with Gasteiger partial charge in [-0.1, -0.05) is 217 Å². The molecule has 0 radical (unpaired) electrons. The molecule has 0 aromatic rings. The Hall–Kier alpha value is -4.97. The average molecular weight is 893 g/mol. The SMILES string of the molecule is CC\C=C/C=C\C=C/C=C\C=C/CCCCCC(=O)OC(COC(=O)CCC/C=C\C/C=C\C/C=C\C/C=C\CCCCC)COC(=O)CCCCCCC\C=C/C=C\C=C/C=C\CC. The zero-order valence-corrected chi connectivity index (χ0v) is 40.9. The Kier molecular flexibility index (Phi) is 47.7. The lowest BCUT2D eigenvalue weighted by molar-refractivity contribution is -0.167. The van der Waals surface area contributed by atoms with Gasteiger partial charge in [-0.25, -0.2) is 0 Å². The summed E-state index contributed by atoms with van der Waals surface area (Å²) in [6.45, 7) is 6.19. The molecule has 0 bridgehead atoms. The number of hydrogen-bond acceptors (Lipinski definition) is 6. The molecule has 0 aromatic carbocycles. The van der Waals surface area contributed by atoms with Gasteiger partial charge in [0.2, 0.25) is 0 Å². The lowest BCUT2D eigenvalue weighted by Gasteiger charge is -2.18. The third-order valence-corrected chi connectivity index (χ3v) is 9.72. The van der Waals surface area contributed by atoms with E-state index in [1.807, 2.05) is 72.9 Å². The monoisotopic (exact) mass is 893 g/mol. The van der Waals surface area contributed by atoms with Crippen molar-refractivity contribution < 1.29 is 28.6 Å². The molecule has 0 amide bonds. The van der Waals surface area contributed by atoms with Crippen molar-refractivity contribution in [2.75, 3.05) is 13.2 Å². The molecule has 0 spiro atoms. The van der Waals surface area contributed by atoms with Gasteiger partial charge in [0.25, 0.3) is 0 Å². The zero-order valence-electron chi connectivity index (χ0n) is 40.9. The molecule has 6 nitrogen and oxygen atoms in total. The molecular formula is C59H88O6. The molecule has 65 heavy (non-hydrogen) atoms. The van der Waals surface area contributed by atoms with Gasteiger partial charge in [0.15, 0.2) is 6.10 Å². The van der Waals surface area contributed by atoms with Crippen LogP contribution in [0.4, 0.5) is 0 Å². The summed E-state index contributed by atoms with van der Waals surface area (Å²) in [6.07, 6.45) is 75.1. The first-order chi connectivity index (χ1) is 32.0. The van der Waals surface area contributed by atoms with Gasteiger partial charge in [0, 0.05) is 19.3 Å². The van der Waals surface area contributed by atoms with Gasteiger partial charge in [-0.15, -0.1) is 0 Å². The van der Waals surface area contributed by atoms with Gasteiger partial charge < -0.3 is 14.2 Å². The minimum atomic E-state index is -0.840. The van der Waals surface area contributed by atoms with E-state index in [2.05, 4.69) is 106 Å². The number of allylic oxidation sites excluding steroid dienone is 26. The van der Waals surface area contributed by atoms with Gasteiger partial charge in [-0.2, -0.15) is 0 Å². The van der Waals surface area contributed by atoms with Crippen LogP contribution in [0.1, 0.15) is 175 Å². The minimum Gasteiger partial charge on any atom is -0.462 e. The summed E-state index contributed by atoms with van der Waals surface area (Å²) >= 11 is 0. The predicted octanol–water partition coefficient (Wildman–Crippen LogP) is 16.6. The molecule has 1 atom stereocenters. The van der Waals surface area contributed by atoms with Crippen LogP contribution in [0.3, 0.4) is 0 Å². The number of ether oxygens (including phenoxy) is 3. The fraction of sp³-hybridized carbons (Fsp3) is 0.508. The minimum absolute atomic E-state index is 0.133. The summed E-state index contributed by atoms with van der Waals surface area (Å²) < 4.78 is 16.7. The molecule has 0 rings (SSSR count). The average Bonchev–Trinajstić information content (AvgIpc) is 3.30. The molecule has 0 aliphatic heterocycles. The number of hydrogen-bond donors (Lipinski definition) is 0. The maximum Gasteiger partial charge on any atom is 0.306 e. The number of rotatable bonds is 42. The van der Waals surface area contributed by atoms with E-state index in [1.54, 1.807) is 0 Å². The quantitative estimate of drug-likeness (QED) is 0.0200. The summed E-state index contributed by atoms with van der Waals surface area (Å²) in [5, 5.41) is 0. The Bertz CT molecular complexity index is 1540. The van der Waals surface area contributed by atoms with Crippen LogP contribution in [0.15, 0.2) is 158 Å². The second-order valence-corrected chi connectivity index (χ2v) is 15.8. The van der Waals surface area contributed by atoms with Crippen molar-refractivity contribution in [3.63, 3.8) is 0 Å². The Labute approximate surface area is 397 Å². The van der Waals surface area contributed by atoms with E-state index in [4.69, 9.17) is 14.2 Å². The van der Waals surface area contributed by atoms with E-state index >= 15 is 0 Å². The lowest BCUT2D eigenvalue weighted by Crippen LogP contribution is -2.30. The first-order valence-electron chi connectivity index (χ1n) is 25.1. The largest absolute Gasteiger partial charge is 0.462 e. The van der Waals surface area contributed by atoms with Gasteiger partial charge >= 0.3 is 17.9 Å². The Balaban J connectivity index is 4.64. The predicted molar refractivity (Wildman–Crippen MR) is 278 cm³/mol. The number of carbonyl (C=O) groups excluding carboxylic acids is 3. The van der Waals surface area contributed by atoms with Crippen molar-refractivity contribution in [1.82, 2.24) is 0 Å². The molecule has 0 fully saturated rings. The fourth-order valence-electron chi connectivity index (χ4n) is 5.99. The van der Waals surface area contributed by atoms with Crippen molar-refractivity contribution in [2.24, 2.45) is 0 Å². The van der Waals surface area contributed by atoms with Gasteiger partial charge in [-0.3, -0.25) is 14.4 Å². The van der Waals surface area contributed by atoms with Crippen molar-refractivity contribution >= 4 is 17.9 Å². The topological polar surface area (TPSA) is 78.9 Å². The highest BCUT2D eigenvalue weighted by Gasteiger charge is 2.19. The first kappa shape index (κ1) is 60.0. The van der Waals surface area contributed by atoms with Crippen LogP contribution in [0.5, 0.6) is 0 Å². The molecule has 0 aliphatic carbocycles. The molecule has 360 valence electrons. The van der Waals surface area contributed by atoms with Crippen LogP contribution in [0.2, 0.25) is 0 Å². The van der Waals surface area contributed by atoms with E-state index < -0.39 is 6.10 Å². The second kappa shape index (κ2) is 51.7. The molecular weight excluding hydrogens is 805 g/mol. The molecule has 0 aromatic heterocycles. The summed E-state index contributed by atoms with van der Waals surface area (Å²) in [5.41, 5.74) is 0. The third kappa shape index (κ3) is 49.9. The van der Waals surface area contributed by atoms with Crippen LogP contribution in [-0.4, -0.2) is 37.2 Å². The number of carbonyl (C=O) groups is 3. The van der Waals surface area contributed by atoms with Gasteiger partial charge in [-0.05, 0) is 96.3 Å². The standard InChI is InChI=1S/C59H88O6/c1-4-7-10-13-16-19-22-25-28-29-32-34-37-40-43-46-49-52-58(61)64-55-56(65-59(62)53-50-47-44-41-38-35-31-27-24-21-18-15-12-9-6-3)54-63-57(60)51-48-45-42-39-36-33-30-26-23-20-17-14-11-8-5-2/h8-9,11-12,14-21,23-28,30-32,34-35,38,40,43,56H,4-7,10,13,22,29,33,36-37,39,41-42,44-55H2,1-3H3/b11-8-,12-9-,17-14-,18-15-,19-16-,23-20-,24-21-,28-25-,30-26-,31-27-,34-32-,38-35-,43-40-. The zero-order chi connectivity index (χ0) is 47.2. The molecule has 0 heterocycles. The van der Waals surface area contributed by atoms with Crippen LogP contribution in [-0.2, 0) is 28.6 Å². The van der Waals surface area contributed by atoms with Crippen LogP contribution in [0, 0.1) is 0 Å².